The normalized spacial score (nSPS) is 27.3. The first-order valence-electron chi connectivity index (χ1n) is 11.3. The lowest BCUT2D eigenvalue weighted by atomic mass is 9.63. The monoisotopic (exact) mass is 428 g/mol. The van der Waals surface area contributed by atoms with Gasteiger partial charge in [0.2, 0.25) is 0 Å². The van der Waals surface area contributed by atoms with Crippen LogP contribution in [0.25, 0.3) is 11.1 Å². The number of aromatic nitrogens is 1. The summed E-state index contributed by atoms with van der Waals surface area (Å²) in [5.74, 6) is 6.59. The highest BCUT2D eigenvalue weighted by Gasteiger charge is 2.54. The summed E-state index contributed by atoms with van der Waals surface area (Å²) in [6.45, 7) is 8.24. The smallest absolute Gasteiger partial charge is 0.184 e. The Morgan fingerprint density at radius 3 is 2.44 bits per heavy atom. The molecule has 1 aliphatic carbocycles. The van der Waals surface area contributed by atoms with Crippen LogP contribution in [0.2, 0.25) is 0 Å². The van der Waals surface area contributed by atoms with Crippen molar-refractivity contribution >= 4 is 11.5 Å². The van der Waals surface area contributed by atoms with Crippen LogP contribution in [-0.2, 0) is 10.4 Å². The lowest BCUT2D eigenvalue weighted by Gasteiger charge is -2.47. The molecule has 0 radical (unpaired) electrons. The van der Waals surface area contributed by atoms with E-state index in [0.29, 0.717) is 11.9 Å². The highest BCUT2D eigenvalue weighted by molar-refractivity contribution is 6.41. The van der Waals surface area contributed by atoms with E-state index in [1.54, 1.807) is 13.3 Å². The molecule has 1 aromatic carbocycles. The fourth-order valence-corrected chi connectivity index (χ4v) is 5.10. The molecule has 5 nitrogen and oxygen atoms in total. The number of methoxy groups -OCH3 is 1. The summed E-state index contributed by atoms with van der Waals surface area (Å²) < 4.78 is 5.65. The number of hydrogen-bond donors (Lipinski definition) is 1. The summed E-state index contributed by atoms with van der Waals surface area (Å²) in [5, 5.41) is 0. The predicted molar refractivity (Wildman–Crippen MR) is 131 cm³/mol. The van der Waals surface area contributed by atoms with Crippen LogP contribution in [0, 0.1) is 24.2 Å². The van der Waals surface area contributed by atoms with Crippen LogP contribution in [0.15, 0.2) is 46.6 Å². The Bertz CT molecular complexity index is 1130. The molecule has 1 fully saturated rings. The third-order valence-corrected chi connectivity index (χ3v) is 7.15. The van der Waals surface area contributed by atoms with Crippen molar-refractivity contribution in [2.24, 2.45) is 21.1 Å². The predicted octanol–water partition coefficient (Wildman–Crippen LogP) is 5.01. The van der Waals surface area contributed by atoms with Gasteiger partial charge in [0.05, 0.1) is 11.8 Å². The zero-order chi connectivity index (χ0) is 22.9. The third-order valence-electron chi connectivity index (χ3n) is 7.15. The fourth-order valence-electron chi connectivity index (χ4n) is 5.10. The molecule has 2 heterocycles. The van der Waals surface area contributed by atoms with Gasteiger partial charge in [-0.3, -0.25) is 9.98 Å². The van der Waals surface area contributed by atoms with E-state index in [2.05, 4.69) is 54.9 Å². The molecular formula is C27H32N4O. The van der Waals surface area contributed by atoms with E-state index >= 15 is 0 Å². The Balaban J connectivity index is 1.86. The van der Waals surface area contributed by atoms with Crippen molar-refractivity contribution in [3.63, 3.8) is 0 Å². The minimum atomic E-state index is -0.728. The minimum absolute atomic E-state index is 0.151. The van der Waals surface area contributed by atoms with Crippen LogP contribution in [0.1, 0.15) is 63.1 Å². The van der Waals surface area contributed by atoms with E-state index in [1.807, 2.05) is 20.0 Å². The highest BCUT2D eigenvalue weighted by Crippen LogP contribution is 2.55. The average molecular weight is 429 g/mol. The number of aryl methyl sites for hydroxylation is 1. The largest absolute Gasteiger partial charge is 0.382 e. The lowest BCUT2D eigenvalue weighted by molar-refractivity contribution is 0.00120. The zero-order valence-electron chi connectivity index (χ0n) is 19.7. The van der Waals surface area contributed by atoms with E-state index in [9.17, 15) is 0 Å². The Hall–Kier alpha value is -2.97. The Kier molecular flexibility index (Phi) is 5.92. The van der Waals surface area contributed by atoms with Gasteiger partial charge in [0.1, 0.15) is 5.84 Å². The van der Waals surface area contributed by atoms with Gasteiger partial charge < -0.3 is 10.5 Å². The molecular weight excluding hydrogens is 396 g/mol. The molecule has 32 heavy (non-hydrogen) atoms. The van der Waals surface area contributed by atoms with Crippen molar-refractivity contribution in [2.45, 2.75) is 65.1 Å². The van der Waals surface area contributed by atoms with Crippen LogP contribution in [0.3, 0.4) is 0 Å². The molecule has 4 rings (SSSR count). The molecule has 0 unspecified atom stereocenters. The maximum Gasteiger partial charge on any atom is 0.184 e. The standard InChI is InChI=1S/C27H32N4O/c1-6-7-20-14-22(17-29-16-20)21-9-8-18(2)24(15-21)27(30-19(3)25(28)31-27)26(4)12-10-23(32-5)11-13-26/h8-9,14-17,23H,10-13H2,1-5H3,(H2,28,31)/t23?,26?,27-/m0/s1. The van der Waals surface area contributed by atoms with Crippen molar-refractivity contribution in [3.8, 4) is 23.0 Å². The van der Waals surface area contributed by atoms with Crippen molar-refractivity contribution in [2.75, 3.05) is 7.11 Å². The van der Waals surface area contributed by atoms with Crippen LogP contribution in [-0.4, -0.2) is 29.7 Å². The molecule has 0 bridgehead atoms. The van der Waals surface area contributed by atoms with Crippen molar-refractivity contribution in [1.29, 1.82) is 0 Å². The number of amidine groups is 1. The highest BCUT2D eigenvalue weighted by atomic mass is 16.5. The Morgan fingerprint density at radius 2 is 1.81 bits per heavy atom. The zero-order valence-corrected chi connectivity index (χ0v) is 19.7. The SMILES string of the molecule is CC#Cc1cncc(-c2ccc(C)c([C@]3(C4(C)CCC(OC)CC4)N=C(C)C(N)=N3)c2)c1. The number of aliphatic imine (C=N–C) groups is 2. The van der Waals surface area contributed by atoms with E-state index in [-0.39, 0.29) is 5.41 Å². The second-order valence-corrected chi connectivity index (χ2v) is 9.23. The molecule has 5 heteroatoms. The molecule has 1 atom stereocenters. The van der Waals surface area contributed by atoms with Gasteiger partial charge in [-0.15, -0.1) is 5.92 Å². The number of rotatable bonds is 4. The number of hydrogen-bond acceptors (Lipinski definition) is 5. The quantitative estimate of drug-likeness (QED) is 0.696. The maximum absolute atomic E-state index is 6.33. The minimum Gasteiger partial charge on any atom is -0.382 e. The van der Waals surface area contributed by atoms with Crippen LogP contribution < -0.4 is 5.73 Å². The molecule has 0 saturated heterocycles. The van der Waals surface area contributed by atoms with Gasteiger partial charge in [-0.05, 0) is 69.7 Å². The first-order chi connectivity index (χ1) is 15.3. The summed E-state index contributed by atoms with van der Waals surface area (Å²) in [6, 6.07) is 8.60. The summed E-state index contributed by atoms with van der Waals surface area (Å²) in [6.07, 6.45) is 7.93. The lowest BCUT2D eigenvalue weighted by Crippen LogP contribution is -2.44. The molecule has 1 saturated carbocycles. The van der Waals surface area contributed by atoms with Crippen molar-refractivity contribution in [3.05, 3.63) is 53.3 Å². The molecule has 166 valence electrons. The number of nitrogens with two attached hydrogens (primary N) is 1. The second-order valence-electron chi connectivity index (χ2n) is 9.23. The number of benzene rings is 1. The summed E-state index contributed by atoms with van der Waals surface area (Å²) in [5.41, 5.74) is 11.6. The first-order valence-corrected chi connectivity index (χ1v) is 11.3. The van der Waals surface area contributed by atoms with Crippen molar-refractivity contribution < 1.29 is 4.74 Å². The summed E-state index contributed by atoms with van der Waals surface area (Å²) >= 11 is 0. The van der Waals surface area contributed by atoms with Gasteiger partial charge >= 0.3 is 0 Å². The fraction of sp³-hybridized carbons (Fsp3) is 0.444. The topological polar surface area (TPSA) is 72.9 Å². The molecule has 2 aliphatic rings. The van der Waals surface area contributed by atoms with E-state index < -0.39 is 5.66 Å². The number of pyridine rings is 1. The number of nitrogens with zero attached hydrogens (tertiary/aromatic N) is 3. The molecule has 1 aliphatic heterocycles. The first kappa shape index (κ1) is 22.2. The average Bonchev–Trinajstić information content (AvgIpc) is 3.11. The third kappa shape index (κ3) is 3.73. The van der Waals surface area contributed by atoms with Gasteiger partial charge in [-0.25, -0.2) is 4.99 Å². The van der Waals surface area contributed by atoms with Gasteiger partial charge in [0, 0.05) is 41.6 Å². The van der Waals surface area contributed by atoms with Gasteiger partial charge in [-0.2, -0.15) is 0 Å². The van der Waals surface area contributed by atoms with E-state index in [4.69, 9.17) is 20.5 Å². The van der Waals surface area contributed by atoms with Gasteiger partial charge in [0.25, 0.3) is 0 Å². The van der Waals surface area contributed by atoms with Gasteiger partial charge in [0.15, 0.2) is 5.66 Å². The van der Waals surface area contributed by atoms with E-state index in [1.165, 1.54) is 0 Å². The van der Waals surface area contributed by atoms with Gasteiger partial charge in [-0.1, -0.05) is 25.0 Å². The van der Waals surface area contributed by atoms with Crippen LogP contribution in [0.4, 0.5) is 0 Å². The molecule has 0 amide bonds. The second kappa shape index (κ2) is 8.52. The number of ether oxygens (including phenoxy) is 1. The van der Waals surface area contributed by atoms with Crippen LogP contribution in [0.5, 0.6) is 0 Å². The summed E-state index contributed by atoms with van der Waals surface area (Å²) in [7, 11) is 1.80. The van der Waals surface area contributed by atoms with Crippen LogP contribution >= 0.6 is 0 Å². The Morgan fingerprint density at radius 1 is 1.06 bits per heavy atom. The molecule has 1 aromatic heterocycles. The molecule has 0 spiro atoms. The van der Waals surface area contributed by atoms with Crippen molar-refractivity contribution in [1.82, 2.24) is 4.98 Å². The Labute approximate surface area is 191 Å². The molecule has 2 aromatic rings. The van der Waals surface area contributed by atoms with E-state index in [0.717, 1.165) is 59.2 Å². The molecule has 2 N–H and O–H groups in total. The summed E-state index contributed by atoms with van der Waals surface area (Å²) in [4.78, 5) is 14.6. The maximum atomic E-state index is 6.33.